The third kappa shape index (κ3) is 4.32. The van der Waals surface area contributed by atoms with Crippen molar-refractivity contribution >= 4 is 17.6 Å². The lowest BCUT2D eigenvalue weighted by Gasteiger charge is -2.15. The zero-order valence-electron chi connectivity index (χ0n) is 10.1. The van der Waals surface area contributed by atoms with Gasteiger partial charge in [0.05, 0.1) is 18.7 Å². The molecular weight excluding hydrogens is 236 g/mol. The molecule has 0 aromatic heterocycles. The highest BCUT2D eigenvalue weighted by atomic mass is 16.5. The minimum absolute atomic E-state index is 0.114. The summed E-state index contributed by atoms with van der Waals surface area (Å²) >= 11 is 0. The van der Waals surface area contributed by atoms with Gasteiger partial charge in [0, 0.05) is 0 Å². The number of hydrogen-bond acceptors (Lipinski definition) is 4. The molecule has 1 amide bonds. The van der Waals surface area contributed by atoms with Crippen LogP contribution in [0.15, 0.2) is 24.3 Å². The number of nitrogens with two attached hydrogens (primary N) is 1. The number of amides is 1. The predicted molar refractivity (Wildman–Crippen MR) is 66.5 cm³/mol. The zero-order valence-corrected chi connectivity index (χ0v) is 10.1. The third-order valence-electron chi connectivity index (χ3n) is 2.24. The van der Waals surface area contributed by atoms with Gasteiger partial charge >= 0.3 is 5.97 Å². The summed E-state index contributed by atoms with van der Waals surface area (Å²) in [5.41, 5.74) is 5.57. The molecule has 0 spiro atoms. The van der Waals surface area contributed by atoms with E-state index < -0.39 is 17.9 Å². The lowest BCUT2D eigenvalue weighted by Crippen LogP contribution is -2.25. The number of hydrogen-bond donors (Lipinski definition) is 3. The molecule has 0 fully saturated rings. The first kappa shape index (κ1) is 13.8. The summed E-state index contributed by atoms with van der Waals surface area (Å²) in [6.45, 7) is 1.69. The van der Waals surface area contributed by atoms with Crippen molar-refractivity contribution in [1.29, 1.82) is 0 Å². The number of rotatable bonds is 7. The Labute approximate surface area is 105 Å². The van der Waals surface area contributed by atoms with Gasteiger partial charge in [-0.3, -0.25) is 9.59 Å². The van der Waals surface area contributed by atoms with Crippen molar-refractivity contribution in [2.75, 3.05) is 11.9 Å². The number of carbonyl (C=O) groups excluding carboxylic acids is 1. The predicted octanol–water partition coefficient (Wildman–Crippen LogP) is 0.826. The Hall–Kier alpha value is -2.24. The Bertz CT molecular complexity index is 434. The quantitative estimate of drug-likeness (QED) is 0.667. The van der Waals surface area contributed by atoms with Crippen LogP contribution in [0.1, 0.15) is 13.3 Å². The molecule has 1 rings (SSSR count). The molecule has 6 nitrogen and oxygen atoms in total. The molecular formula is C12H16N2O4. The van der Waals surface area contributed by atoms with Crippen LogP contribution in [0.25, 0.3) is 0 Å². The van der Waals surface area contributed by atoms with E-state index in [1.54, 1.807) is 24.3 Å². The Kier molecular flexibility index (Phi) is 4.98. The van der Waals surface area contributed by atoms with Crippen LogP contribution in [0.2, 0.25) is 0 Å². The smallest absolute Gasteiger partial charge is 0.325 e. The van der Waals surface area contributed by atoms with Gasteiger partial charge in [0.15, 0.2) is 0 Å². The van der Waals surface area contributed by atoms with Gasteiger partial charge in [-0.1, -0.05) is 12.1 Å². The lowest BCUT2D eigenvalue weighted by molar-refractivity contribution is -0.137. The molecule has 0 heterocycles. The van der Waals surface area contributed by atoms with E-state index in [2.05, 4.69) is 5.32 Å². The summed E-state index contributed by atoms with van der Waals surface area (Å²) in [7, 11) is 0. The largest absolute Gasteiger partial charge is 0.491 e. The van der Waals surface area contributed by atoms with Crippen molar-refractivity contribution in [1.82, 2.24) is 0 Å². The number of benzene rings is 1. The van der Waals surface area contributed by atoms with E-state index in [-0.39, 0.29) is 13.0 Å². The summed E-state index contributed by atoms with van der Waals surface area (Å²) in [6.07, 6.45) is 0.114. The number of ether oxygens (including phenoxy) is 1. The van der Waals surface area contributed by atoms with Gasteiger partial charge in [0.1, 0.15) is 11.8 Å². The van der Waals surface area contributed by atoms with Crippen LogP contribution in [0.5, 0.6) is 5.75 Å². The monoisotopic (exact) mass is 252 g/mol. The highest BCUT2D eigenvalue weighted by Crippen LogP contribution is 2.24. The number of aliphatic carboxylic acids is 1. The average molecular weight is 252 g/mol. The van der Waals surface area contributed by atoms with Crippen molar-refractivity contribution in [3.63, 3.8) is 0 Å². The van der Waals surface area contributed by atoms with Gasteiger partial charge in [-0.05, 0) is 19.1 Å². The molecule has 0 bridgehead atoms. The third-order valence-corrected chi connectivity index (χ3v) is 2.24. The number of carboxylic acids is 1. The number of primary amides is 1. The molecule has 6 heteroatoms. The second-order valence-electron chi connectivity index (χ2n) is 3.77. The number of carbonyl (C=O) groups is 2. The lowest BCUT2D eigenvalue weighted by atomic mass is 10.2. The fraction of sp³-hybridized carbons (Fsp3) is 0.333. The van der Waals surface area contributed by atoms with E-state index in [9.17, 15) is 9.59 Å². The van der Waals surface area contributed by atoms with Crippen LogP contribution in [0, 0.1) is 0 Å². The number of anilines is 1. The van der Waals surface area contributed by atoms with Crippen molar-refractivity contribution < 1.29 is 19.4 Å². The van der Waals surface area contributed by atoms with Crippen LogP contribution in [0.3, 0.4) is 0 Å². The van der Waals surface area contributed by atoms with E-state index in [0.717, 1.165) is 0 Å². The normalized spacial score (nSPS) is 11.6. The fourth-order valence-corrected chi connectivity index (χ4v) is 1.27. The van der Waals surface area contributed by atoms with E-state index in [0.29, 0.717) is 11.4 Å². The van der Waals surface area contributed by atoms with Crippen LogP contribution in [-0.2, 0) is 9.59 Å². The first-order chi connectivity index (χ1) is 8.50. The Morgan fingerprint density at radius 1 is 1.44 bits per heavy atom. The van der Waals surface area contributed by atoms with Gasteiger partial charge in [-0.15, -0.1) is 0 Å². The number of nitrogens with one attached hydrogen (secondary N) is 1. The molecule has 0 aliphatic rings. The van der Waals surface area contributed by atoms with Crippen molar-refractivity contribution in [2.45, 2.75) is 19.4 Å². The standard InChI is InChI=1S/C12H16N2O4/c1-8(12(16)17)14-9-4-2-3-5-10(9)18-7-6-11(13)15/h2-5,8,14H,6-7H2,1H3,(H2,13,15)(H,16,17). The van der Waals surface area contributed by atoms with Gasteiger partial charge in [0.25, 0.3) is 0 Å². The SMILES string of the molecule is CC(Nc1ccccc1OCCC(N)=O)C(=O)O. The van der Waals surface area contributed by atoms with Gasteiger partial charge in [0.2, 0.25) is 5.91 Å². The second kappa shape index (κ2) is 6.48. The number of para-hydroxylation sites is 2. The topological polar surface area (TPSA) is 102 Å². The summed E-state index contributed by atoms with van der Waals surface area (Å²) in [4.78, 5) is 21.3. The van der Waals surface area contributed by atoms with E-state index in [1.165, 1.54) is 6.92 Å². The zero-order chi connectivity index (χ0) is 13.5. The van der Waals surface area contributed by atoms with Gasteiger partial charge < -0.3 is 20.9 Å². The Morgan fingerprint density at radius 3 is 2.72 bits per heavy atom. The molecule has 0 radical (unpaired) electrons. The summed E-state index contributed by atoms with van der Waals surface area (Å²) in [6, 6.07) is 6.19. The Balaban J connectivity index is 2.67. The molecule has 0 aliphatic heterocycles. The molecule has 1 atom stereocenters. The maximum Gasteiger partial charge on any atom is 0.325 e. The summed E-state index contributed by atoms with van der Waals surface area (Å²) in [5, 5.41) is 11.6. The highest BCUT2D eigenvalue weighted by Gasteiger charge is 2.12. The molecule has 18 heavy (non-hydrogen) atoms. The minimum atomic E-state index is -0.957. The van der Waals surface area contributed by atoms with Gasteiger partial charge in [-0.25, -0.2) is 0 Å². The van der Waals surface area contributed by atoms with Crippen LogP contribution in [-0.4, -0.2) is 29.6 Å². The second-order valence-corrected chi connectivity index (χ2v) is 3.77. The summed E-state index contributed by atoms with van der Waals surface area (Å²) in [5.74, 6) is -0.909. The van der Waals surface area contributed by atoms with E-state index >= 15 is 0 Å². The average Bonchev–Trinajstić information content (AvgIpc) is 2.30. The molecule has 1 aromatic rings. The van der Waals surface area contributed by atoms with Crippen molar-refractivity contribution in [3.05, 3.63) is 24.3 Å². The maximum atomic E-state index is 10.8. The van der Waals surface area contributed by atoms with E-state index in [1.807, 2.05) is 0 Å². The molecule has 0 saturated carbocycles. The molecule has 1 unspecified atom stereocenters. The maximum absolute atomic E-state index is 10.8. The number of carboxylic acid groups (broad SMARTS) is 1. The molecule has 0 saturated heterocycles. The van der Waals surface area contributed by atoms with Crippen LogP contribution in [0.4, 0.5) is 5.69 Å². The fourth-order valence-electron chi connectivity index (χ4n) is 1.27. The van der Waals surface area contributed by atoms with Crippen molar-refractivity contribution in [3.8, 4) is 5.75 Å². The minimum Gasteiger partial charge on any atom is -0.491 e. The summed E-state index contributed by atoms with van der Waals surface area (Å²) < 4.78 is 5.37. The molecule has 1 aromatic carbocycles. The van der Waals surface area contributed by atoms with Gasteiger partial charge in [-0.2, -0.15) is 0 Å². The Morgan fingerprint density at radius 2 is 2.11 bits per heavy atom. The van der Waals surface area contributed by atoms with Crippen LogP contribution < -0.4 is 15.8 Å². The molecule has 0 aliphatic carbocycles. The van der Waals surface area contributed by atoms with Crippen molar-refractivity contribution in [2.24, 2.45) is 5.73 Å². The first-order valence-electron chi connectivity index (χ1n) is 5.50. The first-order valence-corrected chi connectivity index (χ1v) is 5.50. The van der Waals surface area contributed by atoms with E-state index in [4.69, 9.17) is 15.6 Å². The molecule has 4 N–H and O–H groups in total. The molecule has 98 valence electrons. The highest BCUT2D eigenvalue weighted by molar-refractivity contribution is 5.77. The van der Waals surface area contributed by atoms with Crippen LogP contribution >= 0.6 is 0 Å².